The minimum atomic E-state index is 0.162. The second-order valence-corrected chi connectivity index (χ2v) is 5.01. The fourth-order valence-electron chi connectivity index (χ4n) is 3.00. The van der Waals surface area contributed by atoms with Crippen molar-refractivity contribution in [3.63, 3.8) is 0 Å². The van der Waals surface area contributed by atoms with Gasteiger partial charge in [0.15, 0.2) is 0 Å². The highest BCUT2D eigenvalue weighted by molar-refractivity contribution is 5.85. The number of Topliss-reactive ketones (excluding diaryl/α,β-unsaturated/α-hetero) is 1. The second-order valence-electron chi connectivity index (χ2n) is 5.01. The van der Waals surface area contributed by atoms with E-state index < -0.39 is 0 Å². The molecular formula is C17H16O. The van der Waals surface area contributed by atoms with Crippen molar-refractivity contribution in [3.05, 3.63) is 71.8 Å². The van der Waals surface area contributed by atoms with Crippen LogP contribution in [0.4, 0.5) is 0 Å². The summed E-state index contributed by atoms with van der Waals surface area (Å²) in [5, 5.41) is 0. The van der Waals surface area contributed by atoms with E-state index in [1.54, 1.807) is 6.92 Å². The Bertz CT molecular complexity index is 499. The number of hydrogen-bond donors (Lipinski definition) is 0. The molecule has 0 N–H and O–H groups in total. The zero-order valence-corrected chi connectivity index (χ0v) is 10.4. The van der Waals surface area contributed by atoms with Gasteiger partial charge < -0.3 is 0 Å². The molecule has 2 aromatic rings. The predicted molar refractivity (Wildman–Crippen MR) is 72.5 cm³/mol. The molecule has 1 aliphatic carbocycles. The highest BCUT2D eigenvalue weighted by Gasteiger charge is 2.54. The summed E-state index contributed by atoms with van der Waals surface area (Å²) in [7, 11) is 0. The number of carbonyl (C=O) groups is 1. The van der Waals surface area contributed by atoms with Gasteiger partial charge >= 0.3 is 0 Å². The largest absolute Gasteiger partial charge is 0.300 e. The first-order chi connectivity index (χ1) is 8.79. The number of hydrogen-bond acceptors (Lipinski definition) is 1. The monoisotopic (exact) mass is 236 g/mol. The van der Waals surface area contributed by atoms with Crippen molar-refractivity contribution in [3.8, 4) is 0 Å². The Hall–Kier alpha value is -1.89. The lowest BCUT2D eigenvalue weighted by Gasteiger charge is -2.00. The Morgan fingerprint density at radius 3 is 1.50 bits per heavy atom. The van der Waals surface area contributed by atoms with Gasteiger partial charge in [-0.05, 0) is 18.1 Å². The van der Waals surface area contributed by atoms with E-state index in [-0.39, 0.29) is 5.92 Å². The van der Waals surface area contributed by atoms with E-state index in [0.29, 0.717) is 17.6 Å². The van der Waals surface area contributed by atoms with Crippen LogP contribution in [0.25, 0.3) is 0 Å². The van der Waals surface area contributed by atoms with Gasteiger partial charge in [0.05, 0.1) is 0 Å². The van der Waals surface area contributed by atoms with Gasteiger partial charge in [0.25, 0.3) is 0 Å². The van der Waals surface area contributed by atoms with Crippen LogP contribution in [0.3, 0.4) is 0 Å². The number of benzene rings is 2. The average Bonchev–Trinajstić information content (AvgIpc) is 3.16. The van der Waals surface area contributed by atoms with Gasteiger partial charge in [0.2, 0.25) is 0 Å². The summed E-state index contributed by atoms with van der Waals surface area (Å²) >= 11 is 0. The number of ketones is 1. The third-order valence-electron chi connectivity index (χ3n) is 3.86. The lowest BCUT2D eigenvalue weighted by atomic mass is 10.0. The molecule has 1 aliphatic rings. The smallest absolute Gasteiger partial charge is 0.134 e. The number of rotatable bonds is 3. The number of carbonyl (C=O) groups excluding carboxylic acids is 1. The van der Waals surface area contributed by atoms with E-state index in [4.69, 9.17) is 0 Å². The highest BCUT2D eigenvalue weighted by atomic mass is 16.1. The molecule has 0 saturated heterocycles. The van der Waals surface area contributed by atoms with Crippen molar-refractivity contribution in [2.45, 2.75) is 18.8 Å². The Morgan fingerprint density at radius 1 is 0.778 bits per heavy atom. The zero-order chi connectivity index (χ0) is 12.5. The Morgan fingerprint density at radius 2 is 1.17 bits per heavy atom. The molecular weight excluding hydrogens is 220 g/mol. The Kier molecular flexibility index (Phi) is 2.75. The third kappa shape index (κ3) is 1.86. The van der Waals surface area contributed by atoms with Crippen molar-refractivity contribution >= 4 is 5.78 Å². The lowest BCUT2D eigenvalue weighted by molar-refractivity contribution is -0.118. The molecule has 3 rings (SSSR count). The molecule has 1 nitrogen and oxygen atoms in total. The van der Waals surface area contributed by atoms with Crippen molar-refractivity contribution in [1.29, 1.82) is 0 Å². The van der Waals surface area contributed by atoms with Gasteiger partial charge in [-0.3, -0.25) is 4.79 Å². The van der Waals surface area contributed by atoms with Gasteiger partial charge in [-0.25, -0.2) is 0 Å². The highest BCUT2D eigenvalue weighted by Crippen LogP contribution is 2.60. The van der Waals surface area contributed by atoms with Gasteiger partial charge in [0.1, 0.15) is 5.78 Å². The molecule has 1 heteroatoms. The van der Waals surface area contributed by atoms with Crippen LogP contribution in [0.5, 0.6) is 0 Å². The summed E-state index contributed by atoms with van der Waals surface area (Å²) in [6, 6.07) is 20.7. The lowest BCUT2D eigenvalue weighted by Crippen LogP contribution is -1.95. The predicted octanol–water partition coefficient (Wildman–Crippen LogP) is 3.77. The first-order valence-corrected chi connectivity index (χ1v) is 6.39. The molecule has 0 radical (unpaired) electrons. The Balaban J connectivity index is 1.94. The molecule has 0 heterocycles. The first-order valence-electron chi connectivity index (χ1n) is 6.39. The second kappa shape index (κ2) is 4.41. The molecule has 0 aliphatic heterocycles. The van der Waals surface area contributed by atoms with Gasteiger partial charge in [-0.1, -0.05) is 60.7 Å². The fourth-order valence-corrected chi connectivity index (χ4v) is 3.00. The van der Waals surface area contributed by atoms with Crippen LogP contribution in [0.2, 0.25) is 0 Å². The maximum atomic E-state index is 11.8. The molecule has 18 heavy (non-hydrogen) atoms. The van der Waals surface area contributed by atoms with Crippen LogP contribution in [-0.2, 0) is 4.79 Å². The van der Waals surface area contributed by atoms with Crippen molar-refractivity contribution < 1.29 is 4.79 Å². The molecule has 2 aromatic carbocycles. The maximum Gasteiger partial charge on any atom is 0.134 e. The van der Waals surface area contributed by atoms with Crippen LogP contribution < -0.4 is 0 Å². The van der Waals surface area contributed by atoms with Crippen LogP contribution in [0, 0.1) is 5.92 Å². The van der Waals surface area contributed by atoms with E-state index in [1.165, 1.54) is 11.1 Å². The molecule has 1 fully saturated rings. The van der Waals surface area contributed by atoms with Crippen molar-refractivity contribution in [2.75, 3.05) is 0 Å². The maximum absolute atomic E-state index is 11.8. The van der Waals surface area contributed by atoms with Crippen LogP contribution >= 0.6 is 0 Å². The van der Waals surface area contributed by atoms with E-state index in [0.717, 1.165) is 0 Å². The summed E-state index contributed by atoms with van der Waals surface area (Å²) < 4.78 is 0. The first kappa shape index (κ1) is 11.2. The summed E-state index contributed by atoms with van der Waals surface area (Å²) in [5.74, 6) is 1.20. The molecule has 90 valence electrons. The summed E-state index contributed by atoms with van der Waals surface area (Å²) in [6.45, 7) is 1.71. The quantitative estimate of drug-likeness (QED) is 0.792. The van der Waals surface area contributed by atoms with Crippen LogP contribution in [0.15, 0.2) is 60.7 Å². The van der Waals surface area contributed by atoms with E-state index in [9.17, 15) is 4.79 Å². The fraction of sp³-hybridized carbons (Fsp3) is 0.235. The molecule has 0 unspecified atom stereocenters. The minimum absolute atomic E-state index is 0.162. The Labute approximate surface area is 107 Å². The van der Waals surface area contributed by atoms with Gasteiger partial charge in [-0.15, -0.1) is 0 Å². The van der Waals surface area contributed by atoms with Crippen molar-refractivity contribution in [2.24, 2.45) is 5.92 Å². The molecule has 1 saturated carbocycles. The van der Waals surface area contributed by atoms with E-state index >= 15 is 0 Å². The summed E-state index contributed by atoms with van der Waals surface area (Å²) in [6.07, 6.45) is 0. The zero-order valence-electron chi connectivity index (χ0n) is 10.4. The summed E-state index contributed by atoms with van der Waals surface area (Å²) in [4.78, 5) is 11.8. The molecule has 2 atom stereocenters. The SMILES string of the molecule is CC(=O)C1[C@@H](c2ccccc2)[C@@H]1c1ccccc1. The van der Waals surface area contributed by atoms with Gasteiger partial charge in [-0.2, -0.15) is 0 Å². The normalized spacial score (nSPS) is 25.7. The average molecular weight is 236 g/mol. The summed E-state index contributed by atoms with van der Waals surface area (Å²) in [5.41, 5.74) is 2.57. The van der Waals surface area contributed by atoms with Crippen molar-refractivity contribution in [1.82, 2.24) is 0 Å². The molecule has 0 bridgehead atoms. The van der Waals surface area contributed by atoms with Gasteiger partial charge in [0, 0.05) is 17.8 Å². The van der Waals surface area contributed by atoms with E-state index in [2.05, 4.69) is 24.3 Å². The standard InChI is InChI=1S/C17H16O/c1-12(18)15-16(13-8-4-2-5-9-13)17(15)14-10-6-3-7-11-14/h2-11,15-17H,1H3/t16-,17-/m1/s1. The third-order valence-corrected chi connectivity index (χ3v) is 3.86. The molecule has 0 amide bonds. The van der Waals surface area contributed by atoms with Crippen LogP contribution in [0.1, 0.15) is 29.9 Å². The topological polar surface area (TPSA) is 17.1 Å². The van der Waals surface area contributed by atoms with E-state index in [1.807, 2.05) is 36.4 Å². The molecule has 0 aromatic heterocycles. The van der Waals surface area contributed by atoms with Crippen LogP contribution in [-0.4, -0.2) is 5.78 Å². The molecule has 0 spiro atoms. The minimum Gasteiger partial charge on any atom is -0.300 e.